The molecule has 38 heavy (non-hydrogen) atoms. The summed E-state index contributed by atoms with van der Waals surface area (Å²) in [6.07, 6.45) is -0.581. The van der Waals surface area contributed by atoms with Gasteiger partial charge in [-0.15, -0.1) is 0 Å². The molecule has 0 bridgehead atoms. The van der Waals surface area contributed by atoms with Crippen LogP contribution in [0.5, 0.6) is 0 Å². The van der Waals surface area contributed by atoms with Crippen LogP contribution >= 0.6 is 0 Å². The first kappa shape index (κ1) is 26.8. The lowest BCUT2D eigenvalue weighted by Gasteiger charge is -2.42. The molecular weight excluding hydrogens is 504 g/mol. The average molecular weight is 539 g/mol. The molecule has 202 valence electrons. The quantitative estimate of drug-likeness (QED) is 0.400. The number of sulfonamides is 1. The number of ether oxygens (including phenoxy) is 2. The zero-order valence-electron chi connectivity index (χ0n) is 21.3. The molecule has 5 atom stereocenters. The number of hydrogen-bond donors (Lipinski definition) is 3. The number of likely N-dealkylation sites (tertiary alicyclic amines) is 1. The van der Waals surface area contributed by atoms with E-state index in [0.717, 1.165) is 29.7 Å². The lowest BCUT2D eigenvalue weighted by atomic mass is 9.90. The number of benzene rings is 3. The standard InChI is InChI=1S/C29H34N2O6S/c1-20-27(18-31-16-15-25(33)17-31)36-29(37-28(20)22-9-7-21(19-32)8-10-22)23-11-13-24(14-12-23)30-38(34,35)26-5-3-2-4-6-26/h2-14,20,25,27-30,32-33H,15-19H2,1H3/t20-,25+,27+,28+,29+/m1/s1. The monoisotopic (exact) mass is 538 g/mol. The first-order chi connectivity index (χ1) is 18.3. The van der Waals surface area contributed by atoms with E-state index in [9.17, 15) is 18.6 Å². The molecule has 8 nitrogen and oxygen atoms in total. The molecule has 0 radical (unpaired) electrons. The molecule has 2 heterocycles. The maximum Gasteiger partial charge on any atom is 0.261 e. The van der Waals surface area contributed by atoms with Gasteiger partial charge in [-0.1, -0.05) is 61.5 Å². The fraction of sp³-hybridized carbons (Fsp3) is 0.379. The Labute approximate surface area is 223 Å². The van der Waals surface area contributed by atoms with Crippen LogP contribution in [0.15, 0.2) is 83.8 Å². The van der Waals surface area contributed by atoms with Crippen molar-refractivity contribution in [2.24, 2.45) is 5.92 Å². The van der Waals surface area contributed by atoms with Gasteiger partial charge in [0.15, 0.2) is 6.29 Å². The Morgan fingerprint density at radius 1 is 0.947 bits per heavy atom. The van der Waals surface area contributed by atoms with Gasteiger partial charge in [-0.05, 0) is 41.8 Å². The van der Waals surface area contributed by atoms with Gasteiger partial charge in [0.05, 0.1) is 29.8 Å². The zero-order chi connectivity index (χ0) is 26.7. The first-order valence-corrected chi connectivity index (χ1v) is 14.4. The second-order valence-corrected chi connectivity index (χ2v) is 11.7. The third-order valence-corrected chi connectivity index (χ3v) is 8.69. The fourth-order valence-electron chi connectivity index (χ4n) is 5.08. The summed E-state index contributed by atoms with van der Waals surface area (Å²) in [6, 6.07) is 23.0. The van der Waals surface area contributed by atoms with Crippen LogP contribution in [0, 0.1) is 5.92 Å². The molecule has 9 heteroatoms. The maximum atomic E-state index is 12.7. The van der Waals surface area contributed by atoms with Gasteiger partial charge < -0.3 is 19.7 Å². The average Bonchev–Trinajstić information content (AvgIpc) is 3.35. The number of anilines is 1. The van der Waals surface area contributed by atoms with Crippen molar-refractivity contribution < 1.29 is 28.1 Å². The Hall–Kier alpha value is -2.79. The van der Waals surface area contributed by atoms with Crippen molar-refractivity contribution in [1.82, 2.24) is 4.90 Å². The molecule has 2 fully saturated rings. The van der Waals surface area contributed by atoms with E-state index in [2.05, 4.69) is 16.5 Å². The van der Waals surface area contributed by atoms with E-state index in [0.29, 0.717) is 18.8 Å². The van der Waals surface area contributed by atoms with Crippen molar-refractivity contribution in [1.29, 1.82) is 0 Å². The molecular formula is C29H34N2O6S. The molecule has 0 aromatic heterocycles. The smallest absolute Gasteiger partial charge is 0.261 e. The van der Waals surface area contributed by atoms with Crippen molar-refractivity contribution in [3.05, 3.63) is 95.6 Å². The molecule has 0 saturated carbocycles. The molecule has 3 N–H and O–H groups in total. The van der Waals surface area contributed by atoms with Crippen LogP contribution in [0.4, 0.5) is 5.69 Å². The Bertz CT molecular complexity index is 1300. The second kappa shape index (κ2) is 11.5. The minimum absolute atomic E-state index is 0.0205. The summed E-state index contributed by atoms with van der Waals surface area (Å²) in [5, 5.41) is 19.4. The Balaban J connectivity index is 1.36. The van der Waals surface area contributed by atoms with Crippen LogP contribution in [0.3, 0.4) is 0 Å². The number of nitrogens with zero attached hydrogens (tertiary/aromatic N) is 1. The number of aliphatic hydroxyl groups is 2. The predicted molar refractivity (Wildman–Crippen MR) is 144 cm³/mol. The van der Waals surface area contributed by atoms with Gasteiger partial charge in [0, 0.05) is 36.8 Å². The van der Waals surface area contributed by atoms with E-state index in [1.807, 2.05) is 36.4 Å². The Kier molecular flexibility index (Phi) is 8.13. The molecule has 3 aromatic rings. The number of nitrogens with one attached hydrogen (secondary N) is 1. The van der Waals surface area contributed by atoms with E-state index in [4.69, 9.17) is 9.47 Å². The van der Waals surface area contributed by atoms with E-state index in [-0.39, 0.29) is 35.7 Å². The van der Waals surface area contributed by atoms with Crippen molar-refractivity contribution >= 4 is 15.7 Å². The molecule has 0 spiro atoms. The van der Waals surface area contributed by atoms with Gasteiger partial charge in [0.1, 0.15) is 0 Å². The molecule has 3 aromatic carbocycles. The van der Waals surface area contributed by atoms with Crippen LogP contribution < -0.4 is 4.72 Å². The Morgan fingerprint density at radius 3 is 2.26 bits per heavy atom. The van der Waals surface area contributed by atoms with E-state index in [1.54, 1.807) is 42.5 Å². The third kappa shape index (κ3) is 6.09. The van der Waals surface area contributed by atoms with Gasteiger partial charge in [-0.2, -0.15) is 0 Å². The summed E-state index contributed by atoms with van der Waals surface area (Å²) in [5.74, 6) is 0.0425. The molecule has 0 amide bonds. The summed E-state index contributed by atoms with van der Waals surface area (Å²) in [7, 11) is -3.69. The van der Waals surface area contributed by atoms with Crippen LogP contribution in [0.1, 0.15) is 42.4 Å². The fourth-order valence-corrected chi connectivity index (χ4v) is 6.16. The number of aliphatic hydroxyl groups excluding tert-OH is 2. The molecule has 0 unspecified atom stereocenters. The van der Waals surface area contributed by atoms with Crippen LogP contribution in [0.2, 0.25) is 0 Å². The summed E-state index contributed by atoms with van der Waals surface area (Å²) >= 11 is 0. The lowest BCUT2D eigenvalue weighted by molar-refractivity contribution is -0.276. The van der Waals surface area contributed by atoms with Crippen LogP contribution in [0.25, 0.3) is 0 Å². The molecule has 2 aliphatic heterocycles. The number of hydrogen-bond acceptors (Lipinski definition) is 7. The molecule has 2 aliphatic rings. The maximum absolute atomic E-state index is 12.7. The van der Waals surface area contributed by atoms with Crippen LogP contribution in [-0.2, 0) is 26.1 Å². The second-order valence-electron chi connectivity index (χ2n) is 10.1. The first-order valence-electron chi connectivity index (χ1n) is 12.9. The molecule has 0 aliphatic carbocycles. The largest absolute Gasteiger partial charge is 0.392 e. The topological polar surface area (TPSA) is 108 Å². The summed E-state index contributed by atoms with van der Waals surface area (Å²) in [6.45, 7) is 4.22. The zero-order valence-corrected chi connectivity index (χ0v) is 22.1. The highest BCUT2D eigenvalue weighted by molar-refractivity contribution is 7.92. The van der Waals surface area contributed by atoms with Crippen molar-refractivity contribution in [2.45, 2.75) is 49.4 Å². The van der Waals surface area contributed by atoms with Gasteiger partial charge in [0.2, 0.25) is 0 Å². The number of β-amino-alcohol motifs (C(OH)–C–C–N with tert-alkyl or cyclic N) is 1. The highest BCUT2D eigenvalue weighted by Crippen LogP contribution is 2.42. The highest BCUT2D eigenvalue weighted by atomic mass is 32.2. The van der Waals surface area contributed by atoms with Crippen molar-refractivity contribution in [3.63, 3.8) is 0 Å². The number of rotatable bonds is 8. The van der Waals surface area contributed by atoms with E-state index < -0.39 is 16.3 Å². The Morgan fingerprint density at radius 2 is 1.63 bits per heavy atom. The summed E-state index contributed by atoms with van der Waals surface area (Å²) in [4.78, 5) is 2.42. The van der Waals surface area contributed by atoms with Crippen molar-refractivity contribution in [2.75, 3.05) is 24.4 Å². The van der Waals surface area contributed by atoms with Crippen molar-refractivity contribution in [3.8, 4) is 0 Å². The summed E-state index contributed by atoms with van der Waals surface area (Å²) < 4.78 is 41.0. The van der Waals surface area contributed by atoms with E-state index >= 15 is 0 Å². The predicted octanol–water partition coefficient (Wildman–Crippen LogP) is 3.84. The van der Waals surface area contributed by atoms with Gasteiger partial charge in [0.25, 0.3) is 10.0 Å². The lowest BCUT2D eigenvalue weighted by Crippen LogP contribution is -2.44. The summed E-state index contributed by atoms with van der Waals surface area (Å²) in [5.41, 5.74) is 3.06. The highest BCUT2D eigenvalue weighted by Gasteiger charge is 2.39. The van der Waals surface area contributed by atoms with Gasteiger partial charge >= 0.3 is 0 Å². The minimum Gasteiger partial charge on any atom is -0.392 e. The molecule has 2 saturated heterocycles. The van der Waals surface area contributed by atoms with Crippen LogP contribution in [-0.4, -0.2) is 55.4 Å². The third-order valence-electron chi connectivity index (χ3n) is 7.30. The minimum atomic E-state index is -3.69. The normalized spacial score (nSPS) is 26.3. The molecule has 5 rings (SSSR count). The van der Waals surface area contributed by atoms with Gasteiger partial charge in [-0.3, -0.25) is 9.62 Å². The van der Waals surface area contributed by atoms with Gasteiger partial charge in [-0.25, -0.2) is 8.42 Å². The SMILES string of the molecule is C[C@@H]1[C@H](CN2CC[C@H](O)C2)O[C@H](c2ccc(NS(=O)(=O)c3ccccc3)cc2)O[C@@H]1c1ccc(CO)cc1. The van der Waals surface area contributed by atoms with E-state index in [1.165, 1.54) is 0 Å².